The fourth-order valence-electron chi connectivity index (χ4n) is 5.11. The van der Waals surface area contributed by atoms with Crippen molar-refractivity contribution in [2.24, 2.45) is 11.8 Å². The number of rotatable bonds is 6. The van der Waals surface area contributed by atoms with Gasteiger partial charge in [-0.25, -0.2) is 0 Å². The first kappa shape index (κ1) is 23.4. The summed E-state index contributed by atoms with van der Waals surface area (Å²) in [5.74, 6) is 0.351. The van der Waals surface area contributed by atoms with E-state index in [0.29, 0.717) is 40.2 Å². The third-order valence-electron chi connectivity index (χ3n) is 6.47. The zero-order chi connectivity index (χ0) is 23.9. The molecule has 0 bridgehead atoms. The molecule has 2 aromatic carbocycles. The molecule has 2 aliphatic heterocycles. The van der Waals surface area contributed by atoms with Crippen LogP contribution in [0.3, 0.4) is 0 Å². The molecule has 176 valence electrons. The van der Waals surface area contributed by atoms with Crippen molar-refractivity contribution in [1.29, 1.82) is 0 Å². The number of methoxy groups -OCH3 is 2. The molecule has 2 aromatic rings. The number of ether oxygens (including phenoxy) is 2. The first-order valence-corrected chi connectivity index (χ1v) is 11.5. The van der Waals surface area contributed by atoms with Crippen LogP contribution in [0.4, 0.5) is 11.4 Å². The Hall–Kier alpha value is -2.77. The quantitative estimate of drug-likeness (QED) is 0.578. The topological polar surface area (TPSA) is 88.7 Å². The Kier molecular flexibility index (Phi) is 6.29. The number of fused-ring (bicyclic) bond motifs is 2. The highest BCUT2D eigenvalue weighted by atomic mass is 35.5. The standard InChI is InChI=1S/C25H30ClN3O4/c1-13(2)8-15-11-18(23(30)27-20-12-16(32-4)6-7-21(20)33-5)25(29-15)17-9-14(3)10-19(26)22(17)28-24(25)31/h6-7,9-10,12-13,15,18,29H,8,11H2,1-5H3,(H,27,30)(H,28,31)/t15-,18+,25+/m1/s1. The summed E-state index contributed by atoms with van der Waals surface area (Å²) in [4.78, 5) is 27.2. The van der Waals surface area contributed by atoms with E-state index in [1.54, 1.807) is 32.4 Å². The lowest BCUT2D eigenvalue weighted by Gasteiger charge is -2.30. The maximum atomic E-state index is 13.7. The summed E-state index contributed by atoms with van der Waals surface area (Å²) >= 11 is 6.48. The molecule has 0 aliphatic carbocycles. The Bertz CT molecular complexity index is 1100. The SMILES string of the molecule is COc1ccc(OC)c(NC(=O)[C@@H]2C[C@@H](CC(C)C)N[C@]23C(=O)Nc2c(Cl)cc(C)cc23)c1. The van der Waals surface area contributed by atoms with Crippen LogP contribution in [-0.2, 0) is 15.1 Å². The van der Waals surface area contributed by atoms with Gasteiger partial charge in [0.2, 0.25) is 11.8 Å². The molecule has 33 heavy (non-hydrogen) atoms. The Morgan fingerprint density at radius 2 is 2.00 bits per heavy atom. The van der Waals surface area contributed by atoms with Gasteiger partial charge in [0.25, 0.3) is 0 Å². The van der Waals surface area contributed by atoms with E-state index in [4.69, 9.17) is 21.1 Å². The van der Waals surface area contributed by atoms with Gasteiger partial charge in [-0.15, -0.1) is 0 Å². The van der Waals surface area contributed by atoms with E-state index < -0.39 is 11.5 Å². The predicted molar refractivity (Wildman–Crippen MR) is 129 cm³/mol. The molecule has 3 atom stereocenters. The third kappa shape index (κ3) is 4.04. The van der Waals surface area contributed by atoms with Crippen LogP contribution in [-0.4, -0.2) is 32.1 Å². The molecule has 2 amide bonds. The van der Waals surface area contributed by atoms with Crippen molar-refractivity contribution < 1.29 is 19.1 Å². The van der Waals surface area contributed by atoms with Gasteiger partial charge in [-0.2, -0.15) is 0 Å². The molecule has 0 radical (unpaired) electrons. The minimum Gasteiger partial charge on any atom is -0.497 e. The second-order valence-corrected chi connectivity index (χ2v) is 9.65. The van der Waals surface area contributed by atoms with Gasteiger partial charge >= 0.3 is 0 Å². The third-order valence-corrected chi connectivity index (χ3v) is 6.77. The minimum atomic E-state index is -1.19. The molecule has 2 aliphatic rings. The normalized spacial score (nSPS) is 23.5. The van der Waals surface area contributed by atoms with Crippen molar-refractivity contribution in [3.05, 3.63) is 46.5 Å². The van der Waals surface area contributed by atoms with Crippen LogP contribution in [0, 0.1) is 18.8 Å². The van der Waals surface area contributed by atoms with Crippen molar-refractivity contribution in [3.63, 3.8) is 0 Å². The van der Waals surface area contributed by atoms with Crippen LogP contribution in [0.2, 0.25) is 5.02 Å². The van der Waals surface area contributed by atoms with Crippen molar-refractivity contribution in [3.8, 4) is 11.5 Å². The summed E-state index contributed by atoms with van der Waals surface area (Å²) in [7, 11) is 3.10. The molecular weight excluding hydrogens is 442 g/mol. The molecule has 8 heteroatoms. The van der Waals surface area contributed by atoms with Gasteiger partial charge in [-0.1, -0.05) is 31.5 Å². The highest BCUT2D eigenvalue weighted by Crippen LogP contribution is 2.50. The number of anilines is 2. The van der Waals surface area contributed by atoms with E-state index in [0.717, 1.165) is 17.5 Å². The summed E-state index contributed by atoms with van der Waals surface area (Å²) in [6.45, 7) is 6.19. The molecule has 1 fully saturated rings. The Morgan fingerprint density at radius 1 is 1.24 bits per heavy atom. The smallest absolute Gasteiger partial charge is 0.250 e. The molecule has 1 saturated heterocycles. The summed E-state index contributed by atoms with van der Waals surface area (Å²) in [5, 5.41) is 9.93. The lowest BCUT2D eigenvalue weighted by molar-refractivity contribution is -0.130. The fraction of sp³-hybridized carbons (Fsp3) is 0.440. The maximum Gasteiger partial charge on any atom is 0.250 e. The zero-order valence-electron chi connectivity index (χ0n) is 19.5. The van der Waals surface area contributed by atoms with E-state index in [1.165, 1.54) is 0 Å². The van der Waals surface area contributed by atoms with Crippen LogP contribution < -0.4 is 25.4 Å². The number of benzene rings is 2. The van der Waals surface area contributed by atoms with E-state index in [2.05, 4.69) is 29.8 Å². The van der Waals surface area contributed by atoms with Crippen LogP contribution in [0.1, 0.15) is 37.8 Å². The van der Waals surface area contributed by atoms with E-state index >= 15 is 0 Å². The van der Waals surface area contributed by atoms with Gasteiger partial charge in [-0.3, -0.25) is 14.9 Å². The van der Waals surface area contributed by atoms with Gasteiger partial charge in [0, 0.05) is 17.7 Å². The zero-order valence-corrected chi connectivity index (χ0v) is 20.3. The van der Waals surface area contributed by atoms with Crippen LogP contribution in [0.15, 0.2) is 30.3 Å². The molecule has 0 unspecified atom stereocenters. The van der Waals surface area contributed by atoms with Gasteiger partial charge in [0.05, 0.1) is 36.5 Å². The summed E-state index contributed by atoms with van der Waals surface area (Å²) in [6.07, 6.45) is 1.37. The van der Waals surface area contributed by atoms with Gasteiger partial charge in [-0.05, 0) is 49.4 Å². The first-order chi connectivity index (χ1) is 15.7. The van der Waals surface area contributed by atoms with Crippen molar-refractivity contribution in [2.75, 3.05) is 24.9 Å². The summed E-state index contributed by atoms with van der Waals surface area (Å²) in [6, 6.07) is 8.97. The average molecular weight is 472 g/mol. The largest absolute Gasteiger partial charge is 0.497 e. The maximum absolute atomic E-state index is 13.7. The van der Waals surface area contributed by atoms with Crippen LogP contribution in [0.25, 0.3) is 0 Å². The number of carbonyl (C=O) groups excluding carboxylic acids is 2. The Morgan fingerprint density at radius 3 is 2.67 bits per heavy atom. The molecule has 2 heterocycles. The molecule has 0 saturated carbocycles. The Labute approximate surface area is 199 Å². The summed E-state index contributed by atoms with van der Waals surface area (Å²) in [5.41, 5.74) is 1.52. The van der Waals surface area contributed by atoms with Crippen LogP contribution in [0.5, 0.6) is 11.5 Å². The van der Waals surface area contributed by atoms with Gasteiger partial charge < -0.3 is 20.1 Å². The number of hydrogen-bond acceptors (Lipinski definition) is 5. The molecular formula is C25H30ClN3O4. The average Bonchev–Trinajstić information content (AvgIpc) is 3.27. The lowest BCUT2D eigenvalue weighted by Crippen LogP contribution is -2.52. The molecule has 3 N–H and O–H groups in total. The van der Waals surface area contributed by atoms with Crippen LogP contribution >= 0.6 is 11.6 Å². The number of hydrogen-bond donors (Lipinski definition) is 3. The van der Waals surface area contributed by atoms with Gasteiger partial charge in [0.1, 0.15) is 17.0 Å². The molecule has 1 spiro atoms. The number of aryl methyl sites for hydroxylation is 1. The number of halogens is 1. The van der Waals surface area contributed by atoms with E-state index in [1.807, 2.05) is 19.1 Å². The monoisotopic (exact) mass is 471 g/mol. The lowest BCUT2D eigenvalue weighted by atomic mass is 9.79. The van der Waals surface area contributed by atoms with E-state index in [9.17, 15) is 9.59 Å². The highest BCUT2D eigenvalue weighted by molar-refractivity contribution is 6.35. The second-order valence-electron chi connectivity index (χ2n) is 9.25. The molecule has 7 nitrogen and oxygen atoms in total. The Balaban J connectivity index is 1.77. The van der Waals surface area contributed by atoms with Crippen molar-refractivity contribution in [1.82, 2.24) is 5.32 Å². The number of carbonyl (C=O) groups is 2. The predicted octanol–water partition coefficient (Wildman–Crippen LogP) is 4.48. The highest BCUT2D eigenvalue weighted by Gasteiger charge is 2.60. The van der Waals surface area contributed by atoms with Crippen molar-refractivity contribution in [2.45, 2.75) is 45.2 Å². The fourth-order valence-corrected chi connectivity index (χ4v) is 5.43. The molecule has 4 rings (SSSR count). The number of nitrogens with one attached hydrogen (secondary N) is 3. The first-order valence-electron chi connectivity index (χ1n) is 11.1. The van der Waals surface area contributed by atoms with E-state index in [-0.39, 0.29) is 17.9 Å². The van der Waals surface area contributed by atoms with Gasteiger partial charge in [0.15, 0.2) is 0 Å². The second kappa shape index (κ2) is 8.88. The minimum absolute atomic E-state index is 0.00365. The van der Waals surface area contributed by atoms with Crippen molar-refractivity contribution >= 4 is 34.8 Å². The number of amides is 2. The molecule has 0 aromatic heterocycles. The summed E-state index contributed by atoms with van der Waals surface area (Å²) < 4.78 is 10.7.